The molecule has 0 heterocycles. The predicted octanol–water partition coefficient (Wildman–Crippen LogP) is 4.71. The number of anilines is 1. The topological polar surface area (TPSA) is 38.3 Å². The van der Waals surface area contributed by atoms with Crippen LogP contribution in [0.1, 0.15) is 18.5 Å². The average Bonchev–Trinajstić information content (AvgIpc) is 2.45. The van der Waals surface area contributed by atoms with E-state index in [2.05, 4.69) is 5.32 Å². The Bertz CT molecular complexity index is 631. The summed E-state index contributed by atoms with van der Waals surface area (Å²) in [6.07, 6.45) is 0. The lowest BCUT2D eigenvalue weighted by Crippen LogP contribution is -2.23. The second-order valence-corrected chi connectivity index (χ2v) is 5.27. The number of carbonyl (C=O) groups is 1. The molecule has 110 valence electrons. The fourth-order valence-electron chi connectivity index (χ4n) is 1.94. The van der Waals surface area contributed by atoms with Crippen molar-refractivity contribution in [2.45, 2.75) is 13.0 Å². The molecular weight excluding hydrogens is 309 g/mol. The molecule has 21 heavy (non-hydrogen) atoms. The molecule has 1 atom stereocenters. The quantitative estimate of drug-likeness (QED) is 0.810. The summed E-state index contributed by atoms with van der Waals surface area (Å²) in [6, 6.07) is 13.6. The van der Waals surface area contributed by atoms with Crippen molar-refractivity contribution in [3.63, 3.8) is 0 Å². The number of rotatable bonds is 5. The predicted molar refractivity (Wildman–Crippen MR) is 85.9 cm³/mol. The number of benzene rings is 2. The molecule has 2 rings (SSSR count). The second kappa shape index (κ2) is 7.34. The van der Waals surface area contributed by atoms with Gasteiger partial charge in [-0.25, -0.2) is 4.79 Å². The first-order valence-corrected chi connectivity index (χ1v) is 7.30. The van der Waals surface area contributed by atoms with Crippen LogP contribution in [-0.4, -0.2) is 12.6 Å². The summed E-state index contributed by atoms with van der Waals surface area (Å²) in [6.45, 7) is 2.08. The molecule has 0 aliphatic carbocycles. The van der Waals surface area contributed by atoms with E-state index in [9.17, 15) is 4.79 Å². The molecule has 1 unspecified atom stereocenters. The summed E-state index contributed by atoms with van der Waals surface area (Å²) in [4.78, 5) is 12.2. The van der Waals surface area contributed by atoms with Crippen LogP contribution >= 0.6 is 23.2 Å². The van der Waals surface area contributed by atoms with E-state index < -0.39 is 6.04 Å². The SMILES string of the molecule is CCOC(=O)C(Nc1cccc(Cl)c1)c1cccc(Cl)c1. The number of nitrogens with one attached hydrogen (secondary N) is 1. The van der Waals surface area contributed by atoms with Gasteiger partial charge in [-0.15, -0.1) is 0 Å². The number of carbonyl (C=O) groups excluding carboxylic acids is 1. The Hall–Kier alpha value is -1.71. The third-order valence-electron chi connectivity index (χ3n) is 2.84. The Morgan fingerprint density at radius 3 is 2.43 bits per heavy atom. The van der Waals surface area contributed by atoms with E-state index >= 15 is 0 Å². The highest BCUT2D eigenvalue weighted by Gasteiger charge is 2.22. The molecule has 0 aliphatic rings. The van der Waals surface area contributed by atoms with Gasteiger partial charge >= 0.3 is 5.97 Å². The van der Waals surface area contributed by atoms with Crippen LogP contribution < -0.4 is 5.32 Å². The van der Waals surface area contributed by atoms with Gasteiger partial charge in [0.05, 0.1) is 6.61 Å². The molecule has 0 spiro atoms. The third kappa shape index (κ3) is 4.38. The highest BCUT2D eigenvalue weighted by atomic mass is 35.5. The highest BCUT2D eigenvalue weighted by molar-refractivity contribution is 6.31. The standard InChI is InChI=1S/C16H15Cl2NO2/c1-2-21-16(20)15(11-5-3-6-12(17)9-11)19-14-8-4-7-13(18)10-14/h3-10,15,19H,2H2,1H3. The largest absolute Gasteiger partial charge is 0.464 e. The van der Waals surface area contributed by atoms with Crippen molar-refractivity contribution in [1.82, 2.24) is 0 Å². The lowest BCUT2D eigenvalue weighted by Gasteiger charge is -2.19. The highest BCUT2D eigenvalue weighted by Crippen LogP contribution is 2.25. The fourth-order valence-corrected chi connectivity index (χ4v) is 2.32. The van der Waals surface area contributed by atoms with Crippen LogP contribution in [0.4, 0.5) is 5.69 Å². The molecule has 0 aromatic heterocycles. The third-order valence-corrected chi connectivity index (χ3v) is 3.31. The van der Waals surface area contributed by atoms with Gasteiger partial charge in [0.25, 0.3) is 0 Å². The van der Waals surface area contributed by atoms with Crippen LogP contribution in [0.15, 0.2) is 48.5 Å². The van der Waals surface area contributed by atoms with E-state index in [1.54, 1.807) is 37.3 Å². The zero-order valence-corrected chi connectivity index (χ0v) is 13.0. The Labute approximate surface area is 133 Å². The first-order chi connectivity index (χ1) is 10.1. The Morgan fingerprint density at radius 1 is 1.14 bits per heavy atom. The Balaban J connectivity index is 2.30. The van der Waals surface area contributed by atoms with Crippen molar-refractivity contribution >= 4 is 34.9 Å². The van der Waals surface area contributed by atoms with Gasteiger partial charge < -0.3 is 10.1 Å². The monoisotopic (exact) mass is 323 g/mol. The zero-order valence-electron chi connectivity index (χ0n) is 11.5. The molecule has 0 bridgehead atoms. The minimum Gasteiger partial charge on any atom is -0.464 e. The van der Waals surface area contributed by atoms with Crippen LogP contribution in [0.3, 0.4) is 0 Å². The maximum atomic E-state index is 12.2. The van der Waals surface area contributed by atoms with Crippen LogP contribution in [-0.2, 0) is 9.53 Å². The average molecular weight is 324 g/mol. The van der Waals surface area contributed by atoms with Crippen LogP contribution in [0.25, 0.3) is 0 Å². The van der Waals surface area contributed by atoms with Crippen LogP contribution in [0.5, 0.6) is 0 Å². The van der Waals surface area contributed by atoms with Gasteiger partial charge in [-0.05, 0) is 42.8 Å². The number of halogens is 2. The zero-order chi connectivity index (χ0) is 15.2. The lowest BCUT2D eigenvalue weighted by molar-refractivity contribution is -0.144. The van der Waals surface area contributed by atoms with Gasteiger partial charge in [0.1, 0.15) is 0 Å². The summed E-state index contributed by atoms with van der Waals surface area (Å²) in [7, 11) is 0. The summed E-state index contributed by atoms with van der Waals surface area (Å²) >= 11 is 12.0. The van der Waals surface area contributed by atoms with Gasteiger partial charge in [0, 0.05) is 15.7 Å². The van der Waals surface area contributed by atoms with Crippen LogP contribution in [0.2, 0.25) is 10.0 Å². The minimum absolute atomic E-state index is 0.313. The van der Waals surface area contributed by atoms with E-state index in [0.717, 1.165) is 11.3 Å². The van der Waals surface area contributed by atoms with Crippen molar-refractivity contribution in [2.75, 3.05) is 11.9 Å². The molecule has 3 nitrogen and oxygen atoms in total. The van der Waals surface area contributed by atoms with Gasteiger partial charge in [0.2, 0.25) is 0 Å². The molecule has 2 aromatic carbocycles. The summed E-state index contributed by atoms with van der Waals surface area (Å²) in [5.41, 5.74) is 1.47. The van der Waals surface area contributed by atoms with Crippen molar-refractivity contribution in [3.8, 4) is 0 Å². The Kier molecular flexibility index (Phi) is 5.48. The maximum absolute atomic E-state index is 12.2. The number of hydrogen-bond donors (Lipinski definition) is 1. The van der Waals surface area contributed by atoms with E-state index in [0.29, 0.717) is 16.7 Å². The normalized spacial score (nSPS) is 11.8. The van der Waals surface area contributed by atoms with E-state index in [1.165, 1.54) is 0 Å². The van der Waals surface area contributed by atoms with Gasteiger partial charge in [-0.3, -0.25) is 0 Å². The molecular formula is C16H15Cl2NO2. The van der Waals surface area contributed by atoms with Gasteiger partial charge in [-0.1, -0.05) is 41.4 Å². The molecule has 1 N–H and O–H groups in total. The summed E-state index contributed by atoms with van der Waals surface area (Å²) in [5.74, 6) is -0.361. The van der Waals surface area contributed by atoms with E-state index in [-0.39, 0.29) is 5.97 Å². The van der Waals surface area contributed by atoms with Crippen molar-refractivity contribution in [2.24, 2.45) is 0 Å². The number of ether oxygens (including phenoxy) is 1. The number of esters is 1. The van der Waals surface area contributed by atoms with Gasteiger partial charge in [-0.2, -0.15) is 0 Å². The van der Waals surface area contributed by atoms with Crippen LogP contribution in [0, 0.1) is 0 Å². The molecule has 2 aromatic rings. The van der Waals surface area contributed by atoms with E-state index in [4.69, 9.17) is 27.9 Å². The molecule has 5 heteroatoms. The molecule has 0 amide bonds. The minimum atomic E-state index is -0.637. The lowest BCUT2D eigenvalue weighted by atomic mass is 10.1. The molecule has 0 radical (unpaired) electrons. The van der Waals surface area contributed by atoms with Crippen molar-refractivity contribution < 1.29 is 9.53 Å². The van der Waals surface area contributed by atoms with Crippen molar-refractivity contribution in [3.05, 3.63) is 64.1 Å². The molecule has 0 aliphatic heterocycles. The smallest absolute Gasteiger partial charge is 0.333 e. The Morgan fingerprint density at radius 2 is 1.81 bits per heavy atom. The summed E-state index contributed by atoms with van der Waals surface area (Å²) in [5, 5.41) is 4.29. The second-order valence-electron chi connectivity index (χ2n) is 4.39. The molecule has 0 saturated heterocycles. The first kappa shape index (κ1) is 15.7. The first-order valence-electron chi connectivity index (χ1n) is 6.54. The van der Waals surface area contributed by atoms with Gasteiger partial charge in [0.15, 0.2) is 6.04 Å². The fraction of sp³-hybridized carbons (Fsp3) is 0.188. The maximum Gasteiger partial charge on any atom is 0.333 e. The molecule has 0 fully saturated rings. The van der Waals surface area contributed by atoms with Crippen molar-refractivity contribution in [1.29, 1.82) is 0 Å². The van der Waals surface area contributed by atoms with E-state index in [1.807, 2.05) is 18.2 Å². The number of hydrogen-bond acceptors (Lipinski definition) is 3. The molecule has 0 saturated carbocycles. The summed E-state index contributed by atoms with van der Waals surface area (Å²) < 4.78 is 5.12.